The largest absolute Gasteiger partial charge is 0.588 e. The molecule has 8 atom stereocenters. The molecule has 0 bridgehead atoms. The highest BCUT2D eigenvalue weighted by molar-refractivity contribution is 7.49. The number of alkyl carbamates (subject to hydrolysis) is 1. The number of hydrogen-bond donors (Lipinski definition) is 1. The first-order chi connectivity index (χ1) is 53.8. The minimum Gasteiger partial charge on any atom is -0.462 e. The lowest BCUT2D eigenvalue weighted by Gasteiger charge is -2.45. The van der Waals surface area contributed by atoms with Crippen molar-refractivity contribution in [3.63, 3.8) is 0 Å². The molecule has 1 saturated heterocycles. The van der Waals surface area contributed by atoms with Crippen LogP contribution in [-0.2, 0) is 77.5 Å². The number of carbonyl (C=O) groups excluding carboxylic acids is 6. The van der Waals surface area contributed by atoms with Crippen molar-refractivity contribution in [1.82, 2.24) is 5.32 Å². The van der Waals surface area contributed by atoms with Gasteiger partial charge in [-0.25, -0.2) is 14.2 Å². The van der Waals surface area contributed by atoms with Crippen molar-refractivity contribution in [2.24, 2.45) is 5.92 Å². The van der Waals surface area contributed by atoms with Gasteiger partial charge in [0.2, 0.25) is 7.59 Å². The van der Waals surface area contributed by atoms with Gasteiger partial charge in [0.25, 0.3) is 0 Å². The van der Waals surface area contributed by atoms with Crippen molar-refractivity contribution in [2.45, 2.75) is 355 Å². The second kappa shape index (κ2) is 58.5. The first-order valence-electron chi connectivity index (χ1n) is 41.5. The van der Waals surface area contributed by atoms with Crippen LogP contribution in [0.1, 0.15) is 298 Å². The summed E-state index contributed by atoms with van der Waals surface area (Å²) in [4.78, 5) is 86.6. The molecule has 3 aromatic rings. The van der Waals surface area contributed by atoms with Crippen molar-refractivity contribution in [3.05, 3.63) is 96.6 Å². The second-order valence-corrected chi connectivity index (χ2v) is 36.1. The van der Waals surface area contributed by atoms with E-state index in [1.165, 1.54) is 76.6 Å². The van der Waals surface area contributed by atoms with Gasteiger partial charge in [-0.2, -0.15) is 0 Å². The first-order valence-corrected chi connectivity index (χ1v) is 45.2. The van der Waals surface area contributed by atoms with Crippen LogP contribution >= 0.6 is 77.4 Å². The van der Waals surface area contributed by atoms with E-state index in [1.54, 1.807) is 36.4 Å². The minimum absolute atomic E-state index is 0.0190. The number of alkyl halides is 6. The summed E-state index contributed by atoms with van der Waals surface area (Å²) in [6.07, 6.45) is 20.6. The lowest BCUT2D eigenvalue weighted by Crippen LogP contribution is -2.66. The summed E-state index contributed by atoms with van der Waals surface area (Å²) < 4.78 is 86.0. The molecular weight excluding hydrogens is 1580 g/mol. The molecule has 1 fully saturated rings. The summed E-state index contributed by atoms with van der Waals surface area (Å²) in [7, 11) is -5.18. The number of rotatable bonds is 63. The Balaban J connectivity index is 1.90. The third-order valence-corrected chi connectivity index (χ3v) is 22.5. The third kappa shape index (κ3) is 45.4. The van der Waals surface area contributed by atoms with E-state index in [1.807, 2.05) is 30.3 Å². The molecular formula is C85H130Cl6NO19P. The minimum atomic E-state index is -5.18. The van der Waals surface area contributed by atoms with Crippen LogP contribution in [0.4, 0.5) is 9.59 Å². The lowest BCUT2D eigenvalue weighted by atomic mass is 9.94. The Morgan fingerprint density at radius 1 is 0.509 bits per heavy atom. The number of benzene rings is 3. The number of ether oxygens (including phenoxy) is 9. The predicted molar refractivity (Wildman–Crippen MR) is 444 cm³/mol. The summed E-state index contributed by atoms with van der Waals surface area (Å²) >= 11 is 37.3. The molecule has 636 valence electrons. The van der Waals surface area contributed by atoms with Crippen LogP contribution in [0.2, 0.25) is 0 Å². The van der Waals surface area contributed by atoms with Gasteiger partial charge in [0.05, 0.1) is 26.2 Å². The maximum Gasteiger partial charge on any atom is 0.588 e. The van der Waals surface area contributed by atoms with Crippen LogP contribution in [0.25, 0.3) is 0 Å². The highest BCUT2D eigenvalue weighted by Gasteiger charge is 2.55. The molecule has 0 aliphatic carbocycles. The summed E-state index contributed by atoms with van der Waals surface area (Å²) in [6.45, 7) is 9.25. The zero-order valence-corrected chi connectivity index (χ0v) is 72.8. The van der Waals surface area contributed by atoms with Crippen molar-refractivity contribution >= 4 is 113 Å². The van der Waals surface area contributed by atoms with Crippen LogP contribution in [0.3, 0.4) is 0 Å². The van der Waals surface area contributed by atoms with E-state index in [0.717, 1.165) is 153 Å². The molecule has 1 aliphatic rings. The van der Waals surface area contributed by atoms with Crippen LogP contribution in [0.15, 0.2) is 91.0 Å². The van der Waals surface area contributed by atoms with Gasteiger partial charge in [-0.1, -0.05) is 344 Å². The van der Waals surface area contributed by atoms with Gasteiger partial charge in [-0.05, 0) is 88.6 Å². The molecule has 1 heterocycles. The number of ketones is 1. The smallest absolute Gasteiger partial charge is 0.462 e. The Hall–Kier alpha value is -4.31. The zero-order valence-electron chi connectivity index (χ0n) is 67.4. The SMILES string of the molecule is CCCCCCCCCCC[C@H](CC(=O)O[C@@H]1[C@@H](NC(=O)OCC(Cl)(Cl)Cl)[C@H](OCC[C@@H](COCc2ccccc2)C(=O)C[C@@H](CCCCCCCCCCC)OC(=O)CCCCCCCCC)O[C@H](COC(=O)OC(C)(C)C(Cl)(Cl)Cl)[C@H]1OP(=O)(Oc1ccccc1)Oc1ccccc1)OC(=O)CCCCCCCCC. The topological polar surface area (TPSA) is 242 Å². The number of carbonyl (C=O) groups is 6. The van der Waals surface area contributed by atoms with E-state index in [2.05, 4.69) is 33.0 Å². The third-order valence-electron chi connectivity index (χ3n) is 19.4. The Bertz CT molecular complexity index is 3020. The van der Waals surface area contributed by atoms with Crippen molar-refractivity contribution < 1.29 is 89.5 Å². The molecule has 0 unspecified atom stereocenters. The molecule has 27 heteroatoms. The fourth-order valence-corrected chi connectivity index (χ4v) is 14.6. The number of Topliss-reactive ketones (excluding diaryl/α,β-unsaturated/α-hetero) is 1. The monoisotopic (exact) mass is 1710 g/mol. The van der Waals surface area contributed by atoms with E-state index in [4.69, 9.17) is 126 Å². The Kier molecular flexibility index (Phi) is 52.3. The van der Waals surface area contributed by atoms with Gasteiger partial charge in [-0.15, -0.1) is 0 Å². The number of esters is 3. The van der Waals surface area contributed by atoms with Crippen molar-refractivity contribution in [2.75, 3.05) is 26.4 Å². The maximum atomic E-state index is 15.9. The summed E-state index contributed by atoms with van der Waals surface area (Å²) in [5, 5.41) is 2.66. The van der Waals surface area contributed by atoms with Gasteiger partial charge in [-0.3, -0.25) is 23.7 Å². The zero-order chi connectivity index (χ0) is 81.7. The van der Waals surface area contributed by atoms with E-state index in [9.17, 15) is 19.2 Å². The van der Waals surface area contributed by atoms with Gasteiger partial charge < -0.3 is 57.0 Å². The molecule has 1 N–H and O–H groups in total. The quantitative estimate of drug-likeness (QED) is 0.0181. The fraction of sp³-hybridized carbons (Fsp3) is 0.718. The number of amides is 1. The average molecular weight is 1710 g/mol. The van der Waals surface area contributed by atoms with Gasteiger partial charge in [0, 0.05) is 25.2 Å². The average Bonchev–Trinajstić information content (AvgIpc) is 0.769. The fourth-order valence-electron chi connectivity index (χ4n) is 12.9. The number of phosphoric ester groups is 1. The Morgan fingerprint density at radius 2 is 0.938 bits per heavy atom. The number of para-hydroxylation sites is 2. The highest BCUT2D eigenvalue weighted by atomic mass is 35.6. The number of nitrogens with one attached hydrogen (secondary N) is 1. The molecule has 112 heavy (non-hydrogen) atoms. The molecule has 0 aromatic heterocycles. The van der Waals surface area contributed by atoms with Gasteiger partial charge >= 0.3 is 38.0 Å². The van der Waals surface area contributed by atoms with E-state index >= 15 is 14.2 Å². The highest BCUT2D eigenvalue weighted by Crippen LogP contribution is 2.53. The standard InChI is InChI=1S/C85H130Cl6NO19P/c1-7-11-15-19-23-25-29-31-40-54-70(104-74(94)56-46-33-27-21-17-13-9-3)60-72(93)67(63-100-62-66-48-38-35-39-49-66)58-59-101-80-77(92-81(97)103-65-84(86,87)88)79(107-76(96)61-71(55-41-32-30-26-24-20-16-12-8-2)105-75(95)57-47-34-28-22-18-14-10-4)78(73(106-80)64-102-82(98)108-83(5,6)85(89,90)91)111-112(99,109-68-50-42-36-43-51-68)110-69-52-44-37-45-53-69/h35-39,42-45,48-53,67,70-71,73,77-80H,7-34,40-41,46-47,54-65H2,1-6H3,(H,92,97)/t67-,70+,71+,73+,77+,78+,79+,80+/m0/s1. The van der Waals surface area contributed by atoms with Gasteiger partial charge in [0.1, 0.15) is 61.0 Å². The summed E-state index contributed by atoms with van der Waals surface area (Å²) in [5.41, 5.74) is -0.982. The summed E-state index contributed by atoms with van der Waals surface area (Å²) in [6, 6.07) is 23.3. The maximum absolute atomic E-state index is 15.9. The second-order valence-electron chi connectivity index (χ2n) is 29.8. The normalized spacial score (nSPS) is 16.8. The summed E-state index contributed by atoms with van der Waals surface area (Å²) in [5.74, 6) is -3.14. The molecule has 3 aromatic carbocycles. The number of halogens is 6. The van der Waals surface area contributed by atoms with Crippen molar-refractivity contribution in [3.8, 4) is 11.5 Å². The molecule has 20 nitrogen and oxygen atoms in total. The predicted octanol–water partition coefficient (Wildman–Crippen LogP) is 24.6. The molecule has 0 saturated carbocycles. The van der Waals surface area contributed by atoms with E-state index in [-0.39, 0.29) is 75.2 Å². The molecule has 0 radical (unpaired) electrons. The lowest BCUT2D eigenvalue weighted by molar-refractivity contribution is -0.271. The Labute approximate surface area is 698 Å². The van der Waals surface area contributed by atoms with Crippen LogP contribution in [-0.4, -0.2) is 118 Å². The number of phosphoric acid groups is 1. The van der Waals surface area contributed by atoms with Gasteiger partial charge in [0.15, 0.2) is 18.0 Å². The van der Waals surface area contributed by atoms with Crippen LogP contribution in [0, 0.1) is 5.92 Å². The van der Waals surface area contributed by atoms with Crippen LogP contribution in [0.5, 0.6) is 11.5 Å². The van der Waals surface area contributed by atoms with Crippen LogP contribution < -0.4 is 14.4 Å². The molecule has 0 spiro atoms. The molecule has 1 aliphatic heterocycles. The van der Waals surface area contributed by atoms with Crippen molar-refractivity contribution in [1.29, 1.82) is 0 Å². The molecule has 4 rings (SSSR count). The first kappa shape index (κ1) is 100. The van der Waals surface area contributed by atoms with E-state index < -0.39 is 114 Å². The molecule has 1 amide bonds. The Morgan fingerprint density at radius 3 is 1.38 bits per heavy atom. The number of unbranched alkanes of at least 4 members (excludes halogenated alkanes) is 28. The van der Waals surface area contributed by atoms with E-state index in [0.29, 0.717) is 25.7 Å². The number of hydrogen-bond acceptors (Lipinski definition) is 19.